The molecule has 0 saturated carbocycles. The molecule has 0 radical (unpaired) electrons. The number of hydrogen-bond acceptors (Lipinski definition) is 15. The topological polar surface area (TPSA) is 202 Å². The van der Waals surface area contributed by atoms with Crippen molar-refractivity contribution >= 4 is 35.9 Å². The van der Waals surface area contributed by atoms with Gasteiger partial charge >= 0.3 is 18.2 Å². The molecule has 1 amide bonds. The number of benzene rings is 1. The molecule has 2 aromatic rings. The number of aliphatic hydroxyl groups is 1. The second kappa shape index (κ2) is 19.5. The maximum Gasteiger partial charge on any atom is 0.509 e. The van der Waals surface area contributed by atoms with Gasteiger partial charge in [-0.1, -0.05) is 52.0 Å². The fourth-order valence-electron chi connectivity index (χ4n) is 8.83. The first-order valence-electron chi connectivity index (χ1n) is 20.7. The summed E-state index contributed by atoms with van der Waals surface area (Å²) in [7, 11) is 3.58. The fraction of sp³-hybridized carbons (Fsp3) is 0.614. The molecule has 4 heterocycles. The number of nitrogens with zero attached hydrogens (tertiary/aromatic N) is 3. The zero-order valence-corrected chi connectivity index (χ0v) is 36.5. The lowest BCUT2D eigenvalue weighted by molar-refractivity contribution is -0.293. The largest absolute Gasteiger partial charge is 0.509 e. The van der Waals surface area contributed by atoms with E-state index in [-0.39, 0.29) is 18.6 Å². The van der Waals surface area contributed by atoms with Crippen molar-refractivity contribution < 1.29 is 61.9 Å². The molecule has 17 heteroatoms. The summed E-state index contributed by atoms with van der Waals surface area (Å²) in [6.07, 6.45) is -2.97. The predicted octanol–water partition coefficient (Wildman–Crippen LogP) is 5.45. The van der Waals surface area contributed by atoms with Crippen molar-refractivity contribution in [2.75, 3.05) is 20.7 Å². The third-order valence-electron chi connectivity index (χ3n) is 12.2. The van der Waals surface area contributed by atoms with Crippen molar-refractivity contribution in [2.24, 2.45) is 23.7 Å². The van der Waals surface area contributed by atoms with E-state index in [9.17, 15) is 29.1 Å². The van der Waals surface area contributed by atoms with Gasteiger partial charge in [-0.05, 0) is 78.8 Å². The molecule has 0 spiro atoms. The highest BCUT2D eigenvalue weighted by Crippen LogP contribution is 2.40. The first-order valence-corrected chi connectivity index (χ1v) is 20.7. The van der Waals surface area contributed by atoms with Crippen LogP contribution in [-0.2, 0) is 42.8 Å². The molecule has 334 valence electrons. The zero-order valence-electron chi connectivity index (χ0n) is 36.5. The van der Waals surface area contributed by atoms with Gasteiger partial charge in [0.1, 0.15) is 48.0 Å². The van der Waals surface area contributed by atoms with E-state index in [4.69, 9.17) is 28.4 Å². The molecule has 3 aliphatic rings. The van der Waals surface area contributed by atoms with E-state index in [1.807, 2.05) is 4.90 Å². The Kier molecular flexibility index (Phi) is 15.1. The second-order valence-electron chi connectivity index (χ2n) is 17.1. The summed E-state index contributed by atoms with van der Waals surface area (Å²) in [5, 5.41) is 14.3. The molecule has 0 unspecified atom stereocenters. The summed E-state index contributed by atoms with van der Waals surface area (Å²) in [4.78, 5) is 79.3. The Hall–Kier alpha value is -4.84. The van der Waals surface area contributed by atoms with Gasteiger partial charge in [-0.2, -0.15) is 0 Å². The Morgan fingerprint density at radius 1 is 1.02 bits per heavy atom. The first kappa shape index (κ1) is 47.2. The van der Waals surface area contributed by atoms with E-state index < -0.39 is 114 Å². The molecule has 3 fully saturated rings. The number of carbonyl (C=O) groups excluding carboxylic acids is 5. The monoisotopic (exact) mass is 854 g/mol. The van der Waals surface area contributed by atoms with Crippen molar-refractivity contribution in [1.29, 1.82) is 0 Å². The lowest BCUT2D eigenvalue weighted by Gasteiger charge is -2.46. The number of cyclic esters (lactones) is 1. The maximum atomic E-state index is 15.3. The van der Waals surface area contributed by atoms with Crippen LogP contribution in [0.5, 0.6) is 0 Å². The zero-order chi connectivity index (χ0) is 45.0. The summed E-state index contributed by atoms with van der Waals surface area (Å²) in [5.41, 5.74) is -2.25. The second-order valence-corrected chi connectivity index (χ2v) is 17.1. The minimum Gasteiger partial charge on any atom is -0.458 e. The number of hydrogen-bond donors (Lipinski definition) is 2. The maximum absolute atomic E-state index is 15.3. The van der Waals surface area contributed by atoms with E-state index in [1.165, 1.54) is 26.8 Å². The minimum absolute atomic E-state index is 0.189. The Bertz CT molecular complexity index is 1930. The third-order valence-corrected chi connectivity index (χ3v) is 12.2. The number of aliphatic hydroxyl groups excluding tert-OH is 1. The third kappa shape index (κ3) is 10.6. The van der Waals surface area contributed by atoms with Crippen molar-refractivity contribution in [3.63, 3.8) is 0 Å². The molecule has 1 aromatic carbocycles. The Labute approximate surface area is 355 Å². The van der Waals surface area contributed by atoms with Crippen LogP contribution in [0.2, 0.25) is 0 Å². The molecule has 0 aliphatic carbocycles. The lowest BCUT2D eigenvalue weighted by Crippen LogP contribution is -2.60. The highest BCUT2D eigenvalue weighted by Gasteiger charge is 2.57. The number of halogens is 1. The number of Topliss-reactive ketones (excluding diaryl/α,β-unsaturated/α-hetero) is 2. The molecule has 0 bridgehead atoms. The number of fused-ring (bicyclic) bond motifs is 1. The van der Waals surface area contributed by atoms with E-state index in [1.54, 1.807) is 91.4 Å². The number of carbonyl (C=O) groups is 5. The fourth-order valence-corrected chi connectivity index (χ4v) is 8.83. The molecule has 16 nitrogen and oxygen atoms in total. The molecule has 5 rings (SSSR count). The molecule has 13 atom stereocenters. The first-order chi connectivity index (χ1) is 28.7. The van der Waals surface area contributed by atoms with Gasteiger partial charge in [0.15, 0.2) is 23.5 Å². The van der Waals surface area contributed by atoms with Crippen LogP contribution in [0.25, 0.3) is 17.5 Å². The quantitative estimate of drug-likeness (QED) is 0.183. The number of ketones is 2. The molecule has 2 N–H and O–H groups in total. The number of aromatic nitrogens is 2. The molecule has 1 aromatic heterocycles. The number of esters is 1. The Balaban J connectivity index is 1.50. The number of ether oxygens (including phenoxy) is 6. The summed E-state index contributed by atoms with van der Waals surface area (Å²) in [5.74, 6) is -6.86. The number of alkyl carbamates (subject to hydrolysis) is 1. The van der Waals surface area contributed by atoms with E-state index in [0.717, 1.165) is 0 Å². The van der Waals surface area contributed by atoms with Crippen molar-refractivity contribution in [2.45, 2.75) is 129 Å². The van der Waals surface area contributed by atoms with Crippen LogP contribution in [0, 0.1) is 23.7 Å². The van der Waals surface area contributed by atoms with Crippen LogP contribution in [0.4, 0.5) is 14.0 Å². The average Bonchev–Trinajstić information content (AvgIpc) is 3.54. The van der Waals surface area contributed by atoms with Crippen LogP contribution >= 0.6 is 0 Å². The van der Waals surface area contributed by atoms with Crippen LogP contribution in [0.1, 0.15) is 80.2 Å². The molecule has 61 heavy (non-hydrogen) atoms. The van der Waals surface area contributed by atoms with Crippen LogP contribution < -0.4 is 5.32 Å². The van der Waals surface area contributed by atoms with Gasteiger partial charge in [0.2, 0.25) is 0 Å². The summed E-state index contributed by atoms with van der Waals surface area (Å²) < 4.78 is 50.9. The van der Waals surface area contributed by atoms with Gasteiger partial charge in [-0.3, -0.25) is 14.4 Å². The average molecular weight is 855 g/mol. The van der Waals surface area contributed by atoms with Gasteiger partial charge in [0.25, 0.3) is 0 Å². The van der Waals surface area contributed by atoms with Gasteiger partial charge in [0, 0.05) is 41.8 Å². The molecular weight excluding hydrogens is 795 g/mol. The van der Waals surface area contributed by atoms with E-state index in [2.05, 4.69) is 15.3 Å². The van der Waals surface area contributed by atoms with Gasteiger partial charge in [-0.15, -0.1) is 0 Å². The molecule has 3 aliphatic heterocycles. The minimum atomic E-state index is -1.94. The van der Waals surface area contributed by atoms with Crippen molar-refractivity contribution in [3.8, 4) is 11.4 Å². The highest BCUT2D eigenvalue weighted by atomic mass is 19.1. The summed E-state index contributed by atoms with van der Waals surface area (Å²) in [6.45, 7) is 11.7. The van der Waals surface area contributed by atoms with Crippen LogP contribution in [0.3, 0.4) is 0 Å². The Morgan fingerprint density at radius 3 is 2.30 bits per heavy atom. The number of amides is 1. The highest BCUT2D eigenvalue weighted by molar-refractivity contribution is 6.00. The predicted molar refractivity (Wildman–Crippen MR) is 218 cm³/mol. The summed E-state index contributed by atoms with van der Waals surface area (Å²) in [6, 6.07) is 7.02. The normalized spacial score (nSPS) is 35.4. The number of nitrogens with one attached hydrogen (secondary N) is 1. The van der Waals surface area contributed by atoms with Crippen LogP contribution in [0.15, 0.2) is 48.6 Å². The van der Waals surface area contributed by atoms with Crippen molar-refractivity contribution in [1.82, 2.24) is 20.2 Å². The SMILES string of the molecule is CC[C@H]1OC(=O)[C@H](C)C(=O)[C@H](C)[C@@H](O[C@@H]2O[C@H](C)C[C@H](N(C)C)[C@H]2O)[C@](C)(OC(=O)OCC(F)=Cc2ccc(-c3ncccn3)cc2)C[C@@H](C)C(=O)[C@H](C)[C@H]2NC(=O)O[C@@]21C. The molecular formula is C44H59FN4O12. The number of rotatable bonds is 9. The van der Waals surface area contributed by atoms with Crippen LogP contribution in [-0.4, -0.2) is 124 Å². The van der Waals surface area contributed by atoms with E-state index in [0.29, 0.717) is 23.4 Å². The van der Waals surface area contributed by atoms with Gasteiger partial charge in [-0.25, -0.2) is 23.9 Å². The standard InChI is InChI=1S/C44H59FN4O12/c1-11-32-44(8)36(48-41(54)60-44)25(4)33(50)23(2)21-43(7,61-42(55)56-22-30(45)20-28-13-15-29(16-14-28)38-46-17-12-18-47-38)37(26(5)34(51)27(6)39(53)58-32)59-40-35(52)31(49(9)10)19-24(3)57-40/h12-18,20,23-27,31-32,35-37,40,52H,11,19,21-22H2,1-10H3,(H,48,54)/t23-,24-,25+,26+,27-,31+,32-,35-,36-,37-,40+,43-,44-/m1/s1. The summed E-state index contributed by atoms with van der Waals surface area (Å²) >= 11 is 0. The van der Waals surface area contributed by atoms with E-state index >= 15 is 4.39 Å². The lowest BCUT2D eigenvalue weighted by atomic mass is 9.73. The Morgan fingerprint density at radius 2 is 1.67 bits per heavy atom. The smallest absolute Gasteiger partial charge is 0.458 e. The van der Waals surface area contributed by atoms with Crippen molar-refractivity contribution in [3.05, 3.63) is 54.1 Å². The number of likely N-dealkylation sites (N-methyl/N-ethyl adjacent to an activating group) is 1. The van der Waals surface area contributed by atoms with Gasteiger partial charge < -0.3 is 43.7 Å². The molecule has 3 saturated heterocycles. The van der Waals surface area contributed by atoms with Gasteiger partial charge in [0.05, 0.1) is 12.1 Å².